The summed E-state index contributed by atoms with van der Waals surface area (Å²) in [7, 11) is 0. The molecule has 1 aromatic heterocycles. The molecule has 0 radical (unpaired) electrons. The molecular weight excluding hydrogens is 352 g/mol. The van der Waals surface area contributed by atoms with E-state index in [1.54, 1.807) is 0 Å². The number of hydrogen-bond acceptors (Lipinski definition) is 4. The number of piperidine rings is 1. The molecule has 28 heavy (non-hydrogen) atoms. The fourth-order valence-electron chi connectivity index (χ4n) is 4.77. The maximum absolute atomic E-state index is 13.1. The lowest BCUT2D eigenvalue weighted by Gasteiger charge is -2.34. The summed E-state index contributed by atoms with van der Waals surface area (Å²) in [5.74, 6) is 0.239. The number of nitrogens with two attached hydrogens (primary N) is 1. The van der Waals surface area contributed by atoms with Crippen LogP contribution >= 0.6 is 0 Å². The number of pyridine rings is 1. The predicted octanol–water partition coefficient (Wildman–Crippen LogP) is 2.53. The summed E-state index contributed by atoms with van der Waals surface area (Å²) in [6.45, 7) is 2.00. The number of nitrogens with zero attached hydrogens (tertiary/aromatic N) is 3. The van der Waals surface area contributed by atoms with Crippen LogP contribution in [-0.4, -0.2) is 52.3 Å². The second-order valence-electron chi connectivity index (χ2n) is 8.46. The summed E-state index contributed by atoms with van der Waals surface area (Å²) in [6.07, 6.45) is 4.47. The molecule has 2 N–H and O–H groups in total. The number of para-hydroxylation sites is 1. The Hall–Kier alpha value is -2.63. The minimum Gasteiger partial charge on any atom is -0.397 e. The van der Waals surface area contributed by atoms with Crippen LogP contribution in [0.2, 0.25) is 0 Å². The molecule has 2 amide bonds. The third kappa shape index (κ3) is 3.11. The van der Waals surface area contributed by atoms with Gasteiger partial charge in [-0.3, -0.25) is 14.6 Å². The smallest absolute Gasteiger partial charge is 0.228 e. The lowest BCUT2D eigenvalue weighted by atomic mass is 9.91. The molecule has 1 aromatic carbocycles. The molecule has 6 heteroatoms. The molecule has 3 heterocycles. The second-order valence-corrected chi connectivity index (χ2v) is 8.46. The molecule has 3 fully saturated rings. The highest BCUT2D eigenvalue weighted by Gasteiger charge is 2.43. The predicted molar refractivity (Wildman–Crippen MR) is 108 cm³/mol. The third-order valence-electron chi connectivity index (χ3n) is 6.40. The molecule has 5 rings (SSSR count). The molecule has 2 unspecified atom stereocenters. The van der Waals surface area contributed by atoms with Gasteiger partial charge in [0.2, 0.25) is 11.8 Å². The lowest BCUT2D eigenvalue weighted by molar-refractivity contribution is -0.137. The summed E-state index contributed by atoms with van der Waals surface area (Å²) >= 11 is 0. The zero-order valence-electron chi connectivity index (χ0n) is 16.0. The Balaban J connectivity index is 1.33. The van der Waals surface area contributed by atoms with Gasteiger partial charge in [0.15, 0.2) is 0 Å². The van der Waals surface area contributed by atoms with Crippen molar-refractivity contribution in [1.29, 1.82) is 0 Å². The summed E-state index contributed by atoms with van der Waals surface area (Å²) in [4.78, 5) is 34.0. The van der Waals surface area contributed by atoms with Gasteiger partial charge in [-0.25, -0.2) is 0 Å². The van der Waals surface area contributed by atoms with Crippen molar-refractivity contribution < 1.29 is 9.59 Å². The largest absolute Gasteiger partial charge is 0.397 e. The summed E-state index contributed by atoms with van der Waals surface area (Å²) in [5.41, 5.74) is 8.87. The average molecular weight is 378 g/mol. The maximum Gasteiger partial charge on any atom is 0.228 e. The van der Waals surface area contributed by atoms with Gasteiger partial charge in [0.05, 0.1) is 22.8 Å². The van der Waals surface area contributed by atoms with Crippen molar-refractivity contribution in [2.24, 2.45) is 5.92 Å². The molecule has 1 aliphatic carbocycles. The molecule has 1 saturated carbocycles. The van der Waals surface area contributed by atoms with Gasteiger partial charge in [-0.2, -0.15) is 0 Å². The van der Waals surface area contributed by atoms with Crippen molar-refractivity contribution in [2.45, 2.75) is 44.1 Å². The van der Waals surface area contributed by atoms with E-state index in [-0.39, 0.29) is 23.7 Å². The van der Waals surface area contributed by atoms with Crippen molar-refractivity contribution in [1.82, 2.24) is 14.8 Å². The average Bonchev–Trinajstić information content (AvgIpc) is 3.48. The standard InChI is InChI=1S/C22H26N4O2/c23-18-10-14-4-1-2-6-19(14)24-21(18)15-5-3-9-25(12-15)22(28)16-11-20(27)26(13-16)17-7-8-17/h1-2,4,6,10,15-17H,3,5,7-9,11-13,23H2. The van der Waals surface area contributed by atoms with Crippen LogP contribution in [0.1, 0.15) is 43.7 Å². The van der Waals surface area contributed by atoms with Crippen LogP contribution in [0.5, 0.6) is 0 Å². The minimum atomic E-state index is -0.186. The third-order valence-corrected chi connectivity index (χ3v) is 6.40. The van der Waals surface area contributed by atoms with Gasteiger partial charge in [-0.05, 0) is 37.8 Å². The zero-order valence-corrected chi connectivity index (χ0v) is 16.0. The maximum atomic E-state index is 13.1. The van der Waals surface area contributed by atoms with Crippen molar-refractivity contribution in [3.8, 4) is 0 Å². The van der Waals surface area contributed by atoms with Crippen LogP contribution in [0.4, 0.5) is 5.69 Å². The Bertz CT molecular complexity index is 939. The van der Waals surface area contributed by atoms with E-state index in [9.17, 15) is 9.59 Å². The van der Waals surface area contributed by atoms with Crippen molar-refractivity contribution in [3.05, 3.63) is 36.0 Å². The fraction of sp³-hybridized carbons (Fsp3) is 0.500. The number of carbonyl (C=O) groups excluding carboxylic acids is 2. The van der Waals surface area contributed by atoms with Gasteiger partial charge in [0, 0.05) is 43.4 Å². The zero-order chi connectivity index (χ0) is 19.3. The first-order valence-corrected chi connectivity index (χ1v) is 10.3. The number of likely N-dealkylation sites (tertiary alicyclic amines) is 2. The van der Waals surface area contributed by atoms with Crippen LogP contribution in [0.25, 0.3) is 10.9 Å². The van der Waals surface area contributed by atoms with E-state index in [0.29, 0.717) is 31.2 Å². The Morgan fingerprint density at radius 2 is 1.96 bits per heavy atom. The van der Waals surface area contributed by atoms with E-state index in [1.165, 1.54) is 0 Å². The number of anilines is 1. The number of rotatable bonds is 3. The quantitative estimate of drug-likeness (QED) is 0.890. The summed E-state index contributed by atoms with van der Waals surface area (Å²) in [6, 6.07) is 10.4. The van der Waals surface area contributed by atoms with Gasteiger partial charge in [-0.15, -0.1) is 0 Å². The Morgan fingerprint density at radius 3 is 2.79 bits per heavy atom. The van der Waals surface area contributed by atoms with E-state index < -0.39 is 0 Å². The number of fused-ring (bicyclic) bond motifs is 1. The molecule has 2 aliphatic heterocycles. The van der Waals surface area contributed by atoms with Gasteiger partial charge in [0.25, 0.3) is 0 Å². The number of hydrogen-bond donors (Lipinski definition) is 1. The van der Waals surface area contributed by atoms with Crippen LogP contribution in [0.3, 0.4) is 0 Å². The molecule has 2 saturated heterocycles. The first-order valence-electron chi connectivity index (χ1n) is 10.3. The highest BCUT2D eigenvalue weighted by Crippen LogP contribution is 2.35. The number of amides is 2. The number of carbonyl (C=O) groups is 2. The molecular formula is C22H26N4O2. The molecule has 2 atom stereocenters. The Morgan fingerprint density at radius 1 is 1.14 bits per heavy atom. The van der Waals surface area contributed by atoms with Gasteiger partial charge in [0.1, 0.15) is 0 Å². The Kier molecular flexibility index (Phi) is 4.22. The van der Waals surface area contributed by atoms with Crippen molar-refractivity contribution in [3.63, 3.8) is 0 Å². The molecule has 0 spiro atoms. The van der Waals surface area contributed by atoms with E-state index in [1.807, 2.05) is 40.1 Å². The minimum absolute atomic E-state index is 0.126. The first-order chi connectivity index (χ1) is 13.6. The van der Waals surface area contributed by atoms with E-state index in [4.69, 9.17) is 10.7 Å². The van der Waals surface area contributed by atoms with E-state index in [0.717, 1.165) is 48.8 Å². The van der Waals surface area contributed by atoms with Gasteiger partial charge in [-0.1, -0.05) is 18.2 Å². The number of aromatic nitrogens is 1. The van der Waals surface area contributed by atoms with Gasteiger partial charge >= 0.3 is 0 Å². The molecule has 146 valence electrons. The SMILES string of the molecule is Nc1cc2ccccc2nc1C1CCCN(C(=O)C2CC(=O)N(C3CC3)C2)C1. The van der Waals surface area contributed by atoms with Crippen LogP contribution < -0.4 is 5.73 Å². The van der Waals surface area contributed by atoms with Crippen LogP contribution in [0, 0.1) is 5.92 Å². The lowest BCUT2D eigenvalue weighted by Crippen LogP contribution is -2.43. The first kappa shape index (κ1) is 17.5. The number of benzene rings is 1. The van der Waals surface area contributed by atoms with E-state index >= 15 is 0 Å². The number of nitrogen functional groups attached to an aromatic ring is 1. The van der Waals surface area contributed by atoms with Gasteiger partial charge < -0.3 is 15.5 Å². The molecule has 0 bridgehead atoms. The highest BCUT2D eigenvalue weighted by molar-refractivity contribution is 5.89. The van der Waals surface area contributed by atoms with Crippen LogP contribution in [0.15, 0.2) is 30.3 Å². The topological polar surface area (TPSA) is 79.5 Å². The molecule has 2 aromatic rings. The molecule has 3 aliphatic rings. The monoisotopic (exact) mass is 378 g/mol. The summed E-state index contributed by atoms with van der Waals surface area (Å²) in [5, 5.41) is 1.04. The Labute approximate surface area is 164 Å². The van der Waals surface area contributed by atoms with Crippen molar-refractivity contribution in [2.75, 3.05) is 25.4 Å². The molecule has 6 nitrogen and oxygen atoms in total. The second kappa shape index (κ2) is 6.76. The van der Waals surface area contributed by atoms with Crippen LogP contribution in [-0.2, 0) is 9.59 Å². The normalized spacial score (nSPS) is 25.5. The van der Waals surface area contributed by atoms with Crippen molar-refractivity contribution >= 4 is 28.4 Å². The summed E-state index contributed by atoms with van der Waals surface area (Å²) < 4.78 is 0. The highest BCUT2D eigenvalue weighted by atomic mass is 16.2. The van der Waals surface area contributed by atoms with E-state index in [2.05, 4.69) is 0 Å². The fourth-order valence-corrected chi connectivity index (χ4v) is 4.77.